The van der Waals surface area contributed by atoms with Gasteiger partial charge < -0.3 is 10.5 Å². The molecule has 112 valence electrons. The first-order valence-corrected chi connectivity index (χ1v) is 7.62. The highest BCUT2D eigenvalue weighted by molar-refractivity contribution is 7.89. The van der Waals surface area contributed by atoms with Crippen molar-refractivity contribution in [1.29, 1.82) is 0 Å². The van der Waals surface area contributed by atoms with Crippen LogP contribution in [0.2, 0.25) is 5.02 Å². The van der Waals surface area contributed by atoms with E-state index in [2.05, 4.69) is 4.74 Å². The Balaban J connectivity index is 2.27. The molecular formula is C11H13ClF2N2O3S. The number of hydrogen-bond donors (Lipinski definition) is 1. The summed E-state index contributed by atoms with van der Waals surface area (Å²) in [5.74, 6) is -0.265. The van der Waals surface area contributed by atoms with Crippen molar-refractivity contribution in [2.24, 2.45) is 5.73 Å². The Morgan fingerprint density at radius 1 is 1.45 bits per heavy atom. The molecule has 1 atom stereocenters. The van der Waals surface area contributed by atoms with Gasteiger partial charge in [0.2, 0.25) is 10.0 Å². The number of halogens is 3. The Bertz CT molecular complexity index is 597. The van der Waals surface area contributed by atoms with Gasteiger partial charge in [0.15, 0.2) is 0 Å². The normalized spacial score (nSPS) is 20.6. The van der Waals surface area contributed by atoms with E-state index in [0.29, 0.717) is 13.0 Å². The summed E-state index contributed by atoms with van der Waals surface area (Å²) >= 11 is 5.75. The van der Waals surface area contributed by atoms with Crippen molar-refractivity contribution in [3.05, 3.63) is 23.2 Å². The van der Waals surface area contributed by atoms with E-state index in [9.17, 15) is 17.2 Å². The summed E-state index contributed by atoms with van der Waals surface area (Å²) in [6, 6.07) is 3.19. The van der Waals surface area contributed by atoms with Crippen LogP contribution < -0.4 is 10.5 Å². The van der Waals surface area contributed by atoms with Crippen LogP contribution >= 0.6 is 11.6 Å². The number of nitrogens with zero attached hydrogens (tertiary/aromatic N) is 1. The Labute approximate surface area is 120 Å². The highest BCUT2D eigenvalue weighted by Gasteiger charge is 2.31. The summed E-state index contributed by atoms with van der Waals surface area (Å²) in [5.41, 5.74) is 5.67. The van der Waals surface area contributed by atoms with E-state index in [-0.39, 0.29) is 28.3 Å². The smallest absolute Gasteiger partial charge is 0.387 e. The van der Waals surface area contributed by atoms with Crippen LogP contribution in [0.5, 0.6) is 5.75 Å². The predicted octanol–water partition coefficient (Wildman–Crippen LogP) is 1.66. The third-order valence-electron chi connectivity index (χ3n) is 2.94. The van der Waals surface area contributed by atoms with E-state index in [4.69, 9.17) is 17.3 Å². The fourth-order valence-corrected chi connectivity index (χ4v) is 3.78. The van der Waals surface area contributed by atoms with Crippen molar-refractivity contribution in [3.63, 3.8) is 0 Å². The van der Waals surface area contributed by atoms with Crippen LogP contribution in [-0.2, 0) is 10.0 Å². The maximum atomic E-state index is 12.3. The molecule has 1 heterocycles. The van der Waals surface area contributed by atoms with Crippen molar-refractivity contribution in [1.82, 2.24) is 4.31 Å². The van der Waals surface area contributed by atoms with Crippen LogP contribution in [0.15, 0.2) is 23.1 Å². The van der Waals surface area contributed by atoms with Gasteiger partial charge >= 0.3 is 6.61 Å². The molecule has 1 aliphatic heterocycles. The summed E-state index contributed by atoms with van der Waals surface area (Å²) in [6.45, 7) is -2.46. The largest absolute Gasteiger partial charge is 0.433 e. The molecule has 0 aliphatic carbocycles. The van der Waals surface area contributed by atoms with Gasteiger partial charge in [0.1, 0.15) is 5.75 Å². The monoisotopic (exact) mass is 326 g/mol. The van der Waals surface area contributed by atoms with Gasteiger partial charge in [-0.05, 0) is 24.6 Å². The van der Waals surface area contributed by atoms with Gasteiger partial charge in [0.05, 0.1) is 9.92 Å². The van der Waals surface area contributed by atoms with Crippen molar-refractivity contribution in [3.8, 4) is 5.75 Å². The molecule has 2 N–H and O–H groups in total. The van der Waals surface area contributed by atoms with E-state index in [1.807, 2.05) is 0 Å². The average molecular weight is 327 g/mol. The zero-order chi connectivity index (χ0) is 14.9. The van der Waals surface area contributed by atoms with Gasteiger partial charge in [0, 0.05) is 19.1 Å². The molecule has 1 saturated heterocycles. The number of ether oxygens (including phenoxy) is 1. The summed E-state index contributed by atoms with van der Waals surface area (Å²) in [7, 11) is -3.71. The van der Waals surface area contributed by atoms with E-state index in [1.165, 1.54) is 10.4 Å². The van der Waals surface area contributed by atoms with Crippen LogP contribution in [0.25, 0.3) is 0 Å². The Morgan fingerprint density at radius 3 is 2.65 bits per heavy atom. The molecule has 1 aromatic rings. The van der Waals surface area contributed by atoms with Gasteiger partial charge in [0.25, 0.3) is 0 Å². The molecule has 0 amide bonds. The van der Waals surface area contributed by atoms with Gasteiger partial charge in [-0.15, -0.1) is 0 Å². The third-order valence-corrected chi connectivity index (χ3v) is 5.10. The number of benzene rings is 1. The molecule has 1 fully saturated rings. The Morgan fingerprint density at radius 2 is 2.15 bits per heavy atom. The summed E-state index contributed by atoms with van der Waals surface area (Å²) in [4.78, 5) is -0.0711. The first kappa shape index (κ1) is 15.4. The van der Waals surface area contributed by atoms with Gasteiger partial charge in [-0.2, -0.15) is 13.1 Å². The number of sulfonamides is 1. The lowest BCUT2D eigenvalue weighted by molar-refractivity contribution is -0.0498. The molecule has 0 spiro atoms. The number of alkyl halides is 2. The first-order valence-electron chi connectivity index (χ1n) is 5.81. The quantitative estimate of drug-likeness (QED) is 0.913. The summed E-state index contributed by atoms with van der Waals surface area (Å²) in [6.07, 6.45) is 0.583. The first-order chi connectivity index (χ1) is 9.30. The SMILES string of the molecule is N[C@H]1CCN(S(=O)(=O)c2ccc(OC(F)F)c(Cl)c2)C1. The highest BCUT2D eigenvalue weighted by Crippen LogP contribution is 2.30. The summed E-state index contributed by atoms with van der Waals surface area (Å²) in [5, 5.41) is -0.185. The third kappa shape index (κ3) is 3.20. The van der Waals surface area contributed by atoms with E-state index in [0.717, 1.165) is 12.1 Å². The molecule has 5 nitrogen and oxygen atoms in total. The molecule has 2 rings (SSSR count). The second-order valence-electron chi connectivity index (χ2n) is 4.38. The molecule has 0 radical (unpaired) electrons. The lowest BCUT2D eigenvalue weighted by atomic mass is 10.3. The van der Waals surface area contributed by atoms with Crippen molar-refractivity contribution >= 4 is 21.6 Å². The van der Waals surface area contributed by atoms with Gasteiger partial charge in [-0.3, -0.25) is 0 Å². The highest BCUT2D eigenvalue weighted by atomic mass is 35.5. The van der Waals surface area contributed by atoms with E-state index in [1.54, 1.807) is 0 Å². The van der Waals surface area contributed by atoms with Crippen LogP contribution in [0.3, 0.4) is 0 Å². The average Bonchev–Trinajstić information content (AvgIpc) is 2.78. The van der Waals surface area contributed by atoms with E-state index >= 15 is 0 Å². The van der Waals surface area contributed by atoms with Crippen LogP contribution in [0, 0.1) is 0 Å². The fourth-order valence-electron chi connectivity index (χ4n) is 1.95. The minimum absolute atomic E-state index is 0.0711. The minimum atomic E-state index is -3.71. The zero-order valence-electron chi connectivity index (χ0n) is 10.3. The van der Waals surface area contributed by atoms with Gasteiger partial charge in [-0.1, -0.05) is 11.6 Å². The maximum Gasteiger partial charge on any atom is 0.387 e. The molecule has 0 bridgehead atoms. The van der Waals surface area contributed by atoms with E-state index < -0.39 is 16.6 Å². The Kier molecular flexibility index (Phi) is 4.48. The second kappa shape index (κ2) is 5.80. The van der Waals surface area contributed by atoms with Crippen LogP contribution in [0.1, 0.15) is 6.42 Å². The summed E-state index contributed by atoms with van der Waals surface area (Å²) < 4.78 is 54.2. The Hall–Kier alpha value is -0.960. The molecule has 9 heteroatoms. The van der Waals surface area contributed by atoms with Crippen molar-refractivity contribution in [2.45, 2.75) is 24.0 Å². The predicted molar refractivity (Wildman–Crippen MR) is 69.4 cm³/mol. The molecule has 0 aromatic heterocycles. The molecule has 0 unspecified atom stereocenters. The number of nitrogens with two attached hydrogens (primary N) is 1. The second-order valence-corrected chi connectivity index (χ2v) is 6.73. The minimum Gasteiger partial charge on any atom is -0.433 e. The lowest BCUT2D eigenvalue weighted by Crippen LogP contribution is -2.31. The standard InChI is InChI=1S/C11H13ClF2N2O3S/c12-9-5-8(1-2-10(9)19-11(13)14)20(17,18)16-4-3-7(15)6-16/h1-2,5,7,11H,3-4,6,15H2/t7-/m0/s1. The molecule has 1 aromatic carbocycles. The molecular weight excluding hydrogens is 314 g/mol. The maximum absolute atomic E-state index is 12.3. The lowest BCUT2D eigenvalue weighted by Gasteiger charge is -2.16. The van der Waals surface area contributed by atoms with Crippen LogP contribution in [0.4, 0.5) is 8.78 Å². The van der Waals surface area contributed by atoms with Gasteiger partial charge in [-0.25, -0.2) is 8.42 Å². The van der Waals surface area contributed by atoms with Crippen molar-refractivity contribution in [2.75, 3.05) is 13.1 Å². The number of hydrogen-bond acceptors (Lipinski definition) is 4. The van der Waals surface area contributed by atoms with Crippen LogP contribution in [-0.4, -0.2) is 38.5 Å². The molecule has 0 saturated carbocycles. The van der Waals surface area contributed by atoms with Crippen molar-refractivity contribution < 1.29 is 21.9 Å². The fraction of sp³-hybridized carbons (Fsp3) is 0.455. The topological polar surface area (TPSA) is 72.6 Å². The molecule has 1 aliphatic rings. The molecule has 20 heavy (non-hydrogen) atoms. The zero-order valence-corrected chi connectivity index (χ0v) is 11.9. The number of rotatable bonds is 4.